The summed E-state index contributed by atoms with van der Waals surface area (Å²) in [5.41, 5.74) is 0. The van der Waals surface area contributed by atoms with Gasteiger partial charge in [-0.25, -0.2) is 9.18 Å². The van der Waals surface area contributed by atoms with E-state index in [9.17, 15) is 9.18 Å². The Morgan fingerprint density at radius 3 is 2.64 bits per heavy atom. The molecule has 1 N–H and O–H groups in total. The van der Waals surface area contributed by atoms with Gasteiger partial charge in [0.2, 0.25) is 0 Å². The second-order valence-corrected chi connectivity index (χ2v) is 3.31. The van der Waals surface area contributed by atoms with Crippen molar-refractivity contribution in [1.29, 1.82) is 0 Å². The van der Waals surface area contributed by atoms with Crippen LogP contribution < -0.4 is 0 Å². The molecule has 0 aromatic heterocycles. The van der Waals surface area contributed by atoms with Gasteiger partial charge in [0.25, 0.3) is 0 Å². The minimum absolute atomic E-state index is 0.237. The van der Waals surface area contributed by atoms with Crippen LogP contribution in [-0.4, -0.2) is 17.2 Å². The molecule has 0 radical (unpaired) electrons. The molecule has 1 fully saturated rings. The molecular weight excluding hydrogens is 147 g/mol. The minimum atomic E-state index is -1.65. The monoisotopic (exact) mass is 160 g/mol. The molecule has 1 saturated carbocycles. The van der Waals surface area contributed by atoms with Gasteiger partial charge in [0.1, 0.15) is 0 Å². The zero-order valence-electron chi connectivity index (χ0n) is 6.59. The number of alkyl halides is 1. The molecule has 2 nitrogen and oxygen atoms in total. The highest BCUT2D eigenvalue weighted by Gasteiger charge is 2.35. The molecule has 0 amide bonds. The van der Waals surface area contributed by atoms with Gasteiger partial charge >= 0.3 is 5.97 Å². The van der Waals surface area contributed by atoms with E-state index in [2.05, 4.69) is 0 Å². The van der Waals surface area contributed by atoms with E-state index in [1.54, 1.807) is 0 Å². The van der Waals surface area contributed by atoms with Crippen molar-refractivity contribution in [2.45, 2.75) is 32.4 Å². The van der Waals surface area contributed by atoms with Crippen LogP contribution >= 0.6 is 0 Å². The number of carboxylic acids is 1. The number of hydrogen-bond acceptors (Lipinski definition) is 1. The largest absolute Gasteiger partial charge is 0.479 e. The zero-order chi connectivity index (χ0) is 8.43. The lowest BCUT2D eigenvalue weighted by atomic mass is 9.93. The molecule has 1 aliphatic carbocycles. The number of aliphatic carboxylic acids is 1. The van der Waals surface area contributed by atoms with Crippen molar-refractivity contribution < 1.29 is 14.3 Å². The van der Waals surface area contributed by atoms with Gasteiger partial charge in [0.05, 0.1) is 0 Å². The first-order valence-electron chi connectivity index (χ1n) is 4.00. The van der Waals surface area contributed by atoms with Gasteiger partial charge < -0.3 is 5.11 Å². The Labute approximate surface area is 65.4 Å². The molecule has 0 aromatic carbocycles. The second kappa shape index (κ2) is 3.20. The van der Waals surface area contributed by atoms with E-state index in [-0.39, 0.29) is 11.8 Å². The topological polar surface area (TPSA) is 37.3 Å². The van der Waals surface area contributed by atoms with Crippen molar-refractivity contribution in [3.63, 3.8) is 0 Å². The fraction of sp³-hybridized carbons (Fsp3) is 0.875. The van der Waals surface area contributed by atoms with Gasteiger partial charge in [-0.05, 0) is 12.3 Å². The number of carbonyl (C=O) groups is 1. The lowest BCUT2D eigenvalue weighted by molar-refractivity contribution is -0.145. The van der Waals surface area contributed by atoms with E-state index < -0.39 is 12.1 Å². The fourth-order valence-electron chi connectivity index (χ4n) is 1.79. The van der Waals surface area contributed by atoms with E-state index in [1.165, 1.54) is 0 Å². The SMILES string of the molecule is CC1CCCC1C(F)C(=O)O. The summed E-state index contributed by atoms with van der Waals surface area (Å²) >= 11 is 0. The van der Waals surface area contributed by atoms with E-state index >= 15 is 0 Å². The van der Waals surface area contributed by atoms with Crippen LogP contribution in [0.25, 0.3) is 0 Å². The average molecular weight is 160 g/mol. The summed E-state index contributed by atoms with van der Waals surface area (Å²) in [4.78, 5) is 10.3. The fourth-order valence-corrected chi connectivity index (χ4v) is 1.79. The minimum Gasteiger partial charge on any atom is -0.479 e. The number of halogens is 1. The molecule has 3 unspecified atom stereocenters. The average Bonchev–Trinajstić information content (AvgIpc) is 2.33. The Kier molecular flexibility index (Phi) is 2.47. The molecule has 3 atom stereocenters. The second-order valence-electron chi connectivity index (χ2n) is 3.31. The van der Waals surface area contributed by atoms with E-state index in [0.29, 0.717) is 0 Å². The molecule has 0 aliphatic heterocycles. The molecule has 1 rings (SSSR count). The maximum Gasteiger partial charge on any atom is 0.338 e. The maximum atomic E-state index is 12.9. The Bertz CT molecular complexity index is 158. The Morgan fingerprint density at radius 1 is 1.64 bits per heavy atom. The van der Waals surface area contributed by atoms with Crippen LogP contribution in [0.15, 0.2) is 0 Å². The van der Waals surface area contributed by atoms with E-state index in [4.69, 9.17) is 5.11 Å². The highest BCUT2D eigenvalue weighted by molar-refractivity contribution is 5.72. The first-order valence-corrected chi connectivity index (χ1v) is 4.00. The van der Waals surface area contributed by atoms with Gasteiger partial charge in [-0.1, -0.05) is 19.8 Å². The lowest BCUT2D eigenvalue weighted by Crippen LogP contribution is -2.26. The van der Waals surface area contributed by atoms with Gasteiger partial charge in [-0.15, -0.1) is 0 Å². The molecule has 3 heteroatoms. The number of rotatable bonds is 2. The van der Waals surface area contributed by atoms with Crippen LogP contribution in [0.2, 0.25) is 0 Å². The Hall–Kier alpha value is -0.600. The highest BCUT2D eigenvalue weighted by atomic mass is 19.1. The standard InChI is InChI=1S/C8H13FO2/c1-5-3-2-4-6(5)7(9)8(10)11/h5-7H,2-4H2,1H3,(H,10,11). The molecule has 0 bridgehead atoms. The van der Waals surface area contributed by atoms with Crippen molar-refractivity contribution in [3.05, 3.63) is 0 Å². The molecule has 1 aliphatic rings. The molecule has 0 saturated heterocycles. The molecule has 0 spiro atoms. The van der Waals surface area contributed by atoms with Crippen molar-refractivity contribution >= 4 is 5.97 Å². The third-order valence-electron chi connectivity index (χ3n) is 2.54. The third kappa shape index (κ3) is 1.70. The highest BCUT2D eigenvalue weighted by Crippen LogP contribution is 2.34. The van der Waals surface area contributed by atoms with Crippen LogP contribution in [0, 0.1) is 11.8 Å². The summed E-state index contributed by atoms with van der Waals surface area (Å²) in [6.07, 6.45) is 1.03. The third-order valence-corrected chi connectivity index (χ3v) is 2.54. The molecule has 11 heavy (non-hydrogen) atoms. The van der Waals surface area contributed by atoms with E-state index in [1.807, 2.05) is 6.92 Å². The Balaban J connectivity index is 2.52. The van der Waals surface area contributed by atoms with Crippen molar-refractivity contribution in [3.8, 4) is 0 Å². The van der Waals surface area contributed by atoms with Crippen LogP contribution in [0.5, 0.6) is 0 Å². The summed E-state index contributed by atoms with van der Waals surface area (Å²) < 4.78 is 12.9. The zero-order valence-corrected chi connectivity index (χ0v) is 6.59. The van der Waals surface area contributed by atoms with Crippen LogP contribution in [0.4, 0.5) is 4.39 Å². The Morgan fingerprint density at radius 2 is 2.27 bits per heavy atom. The number of carboxylic acid groups (broad SMARTS) is 1. The summed E-state index contributed by atoms with van der Waals surface area (Å²) in [6, 6.07) is 0. The first kappa shape index (κ1) is 8.50. The number of hydrogen-bond donors (Lipinski definition) is 1. The lowest BCUT2D eigenvalue weighted by Gasteiger charge is -2.15. The summed E-state index contributed by atoms with van der Waals surface area (Å²) in [5, 5.41) is 8.39. The molecule has 64 valence electrons. The van der Waals surface area contributed by atoms with E-state index in [0.717, 1.165) is 19.3 Å². The normalized spacial score (nSPS) is 33.6. The summed E-state index contributed by atoms with van der Waals surface area (Å²) in [5.74, 6) is -1.31. The predicted molar refractivity (Wildman–Crippen MR) is 39.0 cm³/mol. The molecule has 0 heterocycles. The summed E-state index contributed by atoms with van der Waals surface area (Å²) in [6.45, 7) is 1.92. The smallest absolute Gasteiger partial charge is 0.338 e. The van der Waals surface area contributed by atoms with Gasteiger partial charge in [-0.3, -0.25) is 0 Å². The predicted octanol–water partition coefficient (Wildman–Crippen LogP) is 1.85. The van der Waals surface area contributed by atoms with Crippen molar-refractivity contribution in [2.75, 3.05) is 0 Å². The molecular formula is C8H13FO2. The van der Waals surface area contributed by atoms with Crippen LogP contribution in [-0.2, 0) is 4.79 Å². The summed E-state index contributed by atoms with van der Waals surface area (Å²) in [7, 11) is 0. The van der Waals surface area contributed by atoms with Crippen LogP contribution in [0.3, 0.4) is 0 Å². The van der Waals surface area contributed by atoms with Gasteiger partial charge in [-0.2, -0.15) is 0 Å². The maximum absolute atomic E-state index is 12.9. The quantitative estimate of drug-likeness (QED) is 0.669. The molecule has 0 aromatic rings. The van der Waals surface area contributed by atoms with Crippen molar-refractivity contribution in [1.82, 2.24) is 0 Å². The van der Waals surface area contributed by atoms with Gasteiger partial charge in [0.15, 0.2) is 6.17 Å². The van der Waals surface area contributed by atoms with Crippen LogP contribution in [0.1, 0.15) is 26.2 Å². The van der Waals surface area contributed by atoms with Crippen molar-refractivity contribution in [2.24, 2.45) is 11.8 Å². The van der Waals surface area contributed by atoms with Gasteiger partial charge in [0, 0.05) is 5.92 Å². The first-order chi connectivity index (χ1) is 5.13.